The van der Waals surface area contributed by atoms with Crippen LogP contribution < -0.4 is 0 Å². The number of aryl methyl sites for hydroxylation is 2. The number of nitrogens with one attached hydrogen (secondary N) is 1. The Hall–Kier alpha value is -3.20. The molecule has 4 rings (SSSR count). The summed E-state index contributed by atoms with van der Waals surface area (Å²) >= 11 is 0. The lowest BCUT2D eigenvalue weighted by Crippen LogP contribution is -1.93. The maximum atomic E-state index is 13.3. The molecule has 134 valence electrons. The van der Waals surface area contributed by atoms with Gasteiger partial charge < -0.3 is 4.98 Å². The first kappa shape index (κ1) is 17.2. The standard InChI is InChI=1S/C24H21FN2/c25-21-11-9-19(10-12-21)22-17-27-23(24(22)20-13-15-26-16-14-20)8-4-7-18-5-2-1-3-6-18/h1-3,5-6,9-17,27H,4,7-8H2. The molecule has 0 aliphatic rings. The highest BCUT2D eigenvalue weighted by molar-refractivity contribution is 5.85. The zero-order valence-electron chi connectivity index (χ0n) is 15.0. The molecule has 0 fully saturated rings. The van der Waals surface area contributed by atoms with E-state index in [0.29, 0.717) is 0 Å². The Morgan fingerprint density at radius 1 is 0.778 bits per heavy atom. The van der Waals surface area contributed by atoms with Crippen LogP contribution in [-0.4, -0.2) is 9.97 Å². The third-order valence-electron chi connectivity index (χ3n) is 4.82. The number of halogens is 1. The van der Waals surface area contributed by atoms with E-state index in [-0.39, 0.29) is 5.82 Å². The van der Waals surface area contributed by atoms with Crippen LogP contribution in [0.4, 0.5) is 4.39 Å². The summed E-state index contributed by atoms with van der Waals surface area (Å²) in [5.74, 6) is -0.220. The largest absolute Gasteiger partial charge is 0.364 e. The highest BCUT2D eigenvalue weighted by Gasteiger charge is 2.15. The summed E-state index contributed by atoms with van der Waals surface area (Å²) in [6.45, 7) is 0. The first-order valence-electron chi connectivity index (χ1n) is 9.22. The van der Waals surface area contributed by atoms with E-state index < -0.39 is 0 Å². The van der Waals surface area contributed by atoms with Crippen LogP contribution in [0.3, 0.4) is 0 Å². The molecule has 0 radical (unpaired) electrons. The van der Waals surface area contributed by atoms with Crippen molar-refractivity contribution < 1.29 is 4.39 Å². The highest BCUT2D eigenvalue weighted by atomic mass is 19.1. The lowest BCUT2D eigenvalue weighted by atomic mass is 9.95. The minimum Gasteiger partial charge on any atom is -0.364 e. The molecular weight excluding hydrogens is 335 g/mol. The van der Waals surface area contributed by atoms with Gasteiger partial charge in [-0.25, -0.2) is 4.39 Å². The van der Waals surface area contributed by atoms with Crippen molar-refractivity contribution in [3.05, 3.63) is 102 Å². The minimum atomic E-state index is -0.220. The average molecular weight is 356 g/mol. The Morgan fingerprint density at radius 3 is 2.26 bits per heavy atom. The number of nitrogens with zero attached hydrogens (tertiary/aromatic N) is 1. The van der Waals surface area contributed by atoms with E-state index in [1.807, 2.05) is 48.9 Å². The molecule has 27 heavy (non-hydrogen) atoms. The average Bonchev–Trinajstić information content (AvgIpc) is 3.14. The van der Waals surface area contributed by atoms with Gasteiger partial charge in [-0.1, -0.05) is 42.5 Å². The Morgan fingerprint density at radius 2 is 1.52 bits per heavy atom. The van der Waals surface area contributed by atoms with Crippen molar-refractivity contribution in [1.82, 2.24) is 9.97 Å². The Balaban J connectivity index is 1.64. The molecule has 2 nitrogen and oxygen atoms in total. The molecule has 3 heteroatoms. The monoisotopic (exact) mass is 356 g/mol. The van der Waals surface area contributed by atoms with Crippen LogP contribution in [0.2, 0.25) is 0 Å². The molecule has 0 amide bonds. The molecule has 0 atom stereocenters. The van der Waals surface area contributed by atoms with Crippen LogP contribution in [-0.2, 0) is 12.8 Å². The van der Waals surface area contributed by atoms with Gasteiger partial charge in [-0.15, -0.1) is 0 Å². The van der Waals surface area contributed by atoms with Gasteiger partial charge in [-0.2, -0.15) is 0 Å². The van der Waals surface area contributed by atoms with Crippen LogP contribution in [0.25, 0.3) is 22.3 Å². The molecule has 2 heterocycles. The fourth-order valence-electron chi connectivity index (χ4n) is 3.48. The van der Waals surface area contributed by atoms with Gasteiger partial charge in [0, 0.05) is 35.4 Å². The second-order valence-corrected chi connectivity index (χ2v) is 6.64. The Bertz CT molecular complexity index is 990. The van der Waals surface area contributed by atoms with Crippen LogP contribution in [0, 0.1) is 5.82 Å². The summed E-state index contributed by atoms with van der Waals surface area (Å²) in [4.78, 5) is 7.60. The molecule has 2 aromatic heterocycles. The van der Waals surface area contributed by atoms with Gasteiger partial charge in [0.05, 0.1) is 0 Å². The van der Waals surface area contributed by atoms with E-state index in [1.165, 1.54) is 29.0 Å². The third-order valence-corrected chi connectivity index (χ3v) is 4.82. The lowest BCUT2D eigenvalue weighted by Gasteiger charge is -2.09. The summed E-state index contributed by atoms with van der Waals surface area (Å²) in [5, 5.41) is 0. The molecular formula is C24H21FN2. The second kappa shape index (κ2) is 8.00. The van der Waals surface area contributed by atoms with E-state index in [4.69, 9.17) is 0 Å². The van der Waals surface area contributed by atoms with Crippen molar-refractivity contribution in [3.8, 4) is 22.3 Å². The van der Waals surface area contributed by atoms with Gasteiger partial charge in [0.2, 0.25) is 0 Å². The van der Waals surface area contributed by atoms with Crippen LogP contribution in [0.15, 0.2) is 85.3 Å². The first-order chi connectivity index (χ1) is 13.3. The maximum absolute atomic E-state index is 13.3. The van der Waals surface area contributed by atoms with Crippen molar-refractivity contribution in [3.63, 3.8) is 0 Å². The lowest BCUT2D eigenvalue weighted by molar-refractivity contribution is 0.628. The number of hydrogen-bond donors (Lipinski definition) is 1. The Kier molecular flexibility index (Phi) is 5.10. The third kappa shape index (κ3) is 3.98. The summed E-state index contributed by atoms with van der Waals surface area (Å²) in [5.41, 5.74) is 6.96. The second-order valence-electron chi connectivity index (χ2n) is 6.64. The van der Waals surface area contributed by atoms with Crippen molar-refractivity contribution in [2.24, 2.45) is 0 Å². The smallest absolute Gasteiger partial charge is 0.123 e. The quantitative estimate of drug-likeness (QED) is 0.447. The molecule has 1 N–H and O–H groups in total. The molecule has 0 unspecified atom stereocenters. The van der Waals surface area contributed by atoms with E-state index in [0.717, 1.165) is 36.0 Å². The zero-order chi connectivity index (χ0) is 18.5. The van der Waals surface area contributed by atoms with Crippen LogP contribution >= 0.6 is 0 Å². The van der Waals surface area contributed by atoms with E-state index >= 15 is 0 Å². The number of H-pyrrole nitrogens is 1. The highest BCUT2D eigenvalue weighted by Crippen LogP contribution is 2.35. The van der Waals surface area contributed by atoms with Gasteiger partial charge in [-0.05, 0) is 60.2 Å². The number of pyridine rings is 1. The molecule has 0 saturated carbocycles. The van der Waals surface area contributed by atoms with Crippen molar-refractivity contribution >= 4 is 0 Å². The summed E-state index contributed by atoms with van der Waals surface area (Å²) in [6, 6.07) is 21.3. The van der Waals surface area contributed by atoms with Crippen molar-refractivity contribution in [2.45, 2.75) is 19.3 Å². The fourth-order valence-corrected chi connectivity index (χ4v) is 3.48. The summed E-state index contributed by atoms with van der Waals surface area (Å²) < 4.78 is 13.3. The minimum absolute atomic E-state index is 0.220. The number of benzene rings is 2. The molecule has 0 spiro atoms. The topological polar surface area (TPSA) is 28.7 Å². The Labute approximate surface area is 158 Å². The molecule has 0 saturated heterocycles. The van der Waals surface area contributed by atoms with Crippen LogP contribution in [0.5, 0.6) is 0 Å². The molecule has 4 aromatic rings. The number of aromatic amines is 1. The number of aromatic nitrogens is 2. The van der Waals surface area contributed by atoms with Gasteiger partial charge in [0.25, 0.3) is 0 Å². The van der Waals surface area contributed by atoms with Gasteiger partial charge in [0.15, 0.2) is 0 Å². The molecule has 2 aromatic carbocycles. The van der Waals surface area contributed by atoms with Crippen molar-refractivity contribution in [1.29, 1.82) is 0 Å². The van der Waals surface area contributed by atoms with E-state index in [1.54, 1.807) is 0 Å². The number of hydrogen-bond acceptors (Lipinski definition) is 1. The van der Waals surface area contributed by atoms with Gasteiger partial charge in [0.1, 0.15) is 5.82 Å². The molecule has 0 bridgehead atoms. The predicted molar refractivity (Wildman–Crippen MR) is 108 cm³/mol. The molecule has 0 aliphatic heterocycles. The van der Waals surface area contributed by atoms with Gasteiger partial charge in [-0.3, -0.25) is 4.98 Å². The summed E-state index contributed by atoms with van der Waals surface area (Å²) in [7, 11) is 0. The van der Waals surface area contributed by atoms with E-state index in [9.17, 15) is 4.39 Å². The predicted octanol–water partition coefficient (Wildman–Crippen LogP) is 6.06. The SMILES string of the molecule is Fc1ccc(-c2c[nH]c(CCCc3ccccc3)c2-c2ccncc2)cc1. The zero-order valence-corrected chi connectivity index (χ0v) is 15.0. The fraction of sp³-hybridized carbons (Fsp3) is 0.125. The maximum Gasteiger partial charge on any atom is 0.123 e. The van der Waals surface area contributed by atoms with Crippen LogP contribution in [0.1, 0.15) is 17.7 Å². The van der Waals surface area contributed by atoms with E-state index in [2.05, 4.69) is 34.2 Å². The molecule has 0 aliphatic carbocycles. The summed E-state index contributed by atoms with van der Waals surface area (Å²) in [6.07, 6.45) is 8.70. The first-order valence-corrected chi connectivity index (χ1v) is 9.22. The number of rotatable bonds is 6. The van der Waals surface area contributed by atoms with Crippen molar-refractivity contribution in [2.75, 3.05) is 0 Å². The van der Waals surface area contributed by atoms with Gasteiger partial charge >= 0.3 is 0 Å². The normalized spacial score (nSPS) is 10.9.